The van der Waals surface area contributed by atoms with E-state index in [1.807, 2.05) is 18.2 Å². The van der Waals surface area contributed by atoms with Gasteiger partial charge in [-0.15, -0.1) is 0 Å². The Kier molecular flexibility index (Phi) is 5.64. The van der Waals surface area contributed by atoms with Crippen molar-refractivity contribution in [3.63, 3.8) is 0 Å². The van der Waals surface area contributed by atoms with Gasteiger partial charge in [-0.25, -0.2) is 4.98 Å². The van der Waals surface area contributed by atoms with Crippen molar-refractivity contribution in [2.45, 2.75) is 12.8 Å². The van der Waals surface area contributed by atoms with Crippen LogP contribution >= 0.6 is 34.8 Å². The second-order valence-corrected chi connectivity index (χ2v) is 7.55. The molecular formula is C20H12Cl3N5O2. The van der Waals surface area contributed by atoms with Crippen molar-refractivity contribution in [3.05, 3.63) is 78.9 Å². The molecule has 0 saturated heterocycles. The third-order valence-corrected chi connectivity index (χ3v) is 5.34. The van der Waals surface area contributed by atoms with Crippen LogP contribution in [0.15, 0.2) is 41.3 Å². The third kappa shape index (κ3) is 3.98. The smallest absolute Gasteiger partial charge is 0.270 e. The van der Waals surface area contributed by atoms with E-state index in [1.54, 1.807) is 6.20 Å². The fourth-order valence-electron chi connectivity index (χ4n) is 2.99. The molecule has 0 fully saturated rings. The number of H-pyrrole nitrogens is 2. The van der Waals surface area contributed by atoms with Crippen molar-refractivity contribution < 1.29 is 4.74 Å². The van der Waals surface area contributed by atoms with Crippen LogP contribution in [0, 0.1) is 11.3 Å². The van der Waals surface area contributed by atoms with Crippen molar-refractivity contribution in [2.75, 3.05) is 0 Å². The van der Waals surface area contributed by atoms with Crippen LogP contribution in [0.1, 0.15) is 17.0 Å². The first-order chi connectivity index (χ1) is 14.5. The largest absolute Gasteiger partial charge is 0.454 e. The molecule has 0 unspecified atom stereocenters. The quantitative estimate of drug-likeness (QED) is 0.433. The topological polar surface area (TPSA) is 107 Å². The normalized spacial score (nSPS) is 10.9. The number of fused-ring (bicyclic) bond motifs is 1. The highest BCUT2D eigenvalue weighted by Gasteiger charge is 2.18. The summed E-state index contributed by atoms with van der Waals surface area (Å²) in [6, 6.07) is 10.2. The first-order valence-electron chi connectivity index (χ1n) is 8.73. The Morgan fingerprint density at radius 2 is 1.90 bits per heavy atom. The van der Waals surface area contributed by atoms with Gasteiger partial charge in [0.1, 0.15) is 15.8 Å². The summed E-state index contributed by atoms with van der Waals surface area (Å²) < 4.78 is 5.74. The lowest BCUT2D eigenvalue weighted by molar-refractivity contribution is 0.480. The van der Waals surface area contributed by atoms with E-state index in [-0.39, 0.29) is 21.5 Å². The molecule has 0 amide bonds. The summed E-state index contributed by atoms with van der Waals surface area (Å²) >= 11 is 18.6. The van der Waals surface area contributed by atoms with Gasteiger partial charge >= 0.3 is 0 Å². The molecule has 30 heavy (non-hydrogen) atoms. The molecule has 4 rings (SSSR count). The zero-order chi connectivity index (χ0) is 21.3. The summed E-state index contributed by atoms with van der Waals surface area (Å²) in [5, 5.41) is 17.4. The zero-order valence-electron chi connectivity index (χ0n) is 15.2. The molecule has 7 nitrogen and oxygen atoms in total. The van der Waals surface area contributed by atoms with Crippen molar-refractivity contribution in [2.24, 2.45) is 0 Å². The molecule has 4 aromatic rings. The minimum absolute atomic E-state index is 0.000578. The molecule has 3 aromatic heterocycles. The van der Waals surface area contributed by atoms with E-state index in [0.29, 0.717) is 34.8 Å². The van der Waals surface area contributed by atoms with Crippen molar-refractivity contribution in [1.29, 1.82) is 5.26 Å². The van der Waals surface area contributed by atoms with E-state index in [0.717, 1.165) is 11.1 Å². The summed E-state index contributed by atoms with van der Waals surface area (Å²) in [5.74, 6) is 0.240. The third-order valence-electron chi connectivity index (χ3n) is 4.38. The number of pyridine rings is 2. The molecule has 150 valence electrons. The number of rotatable bonds is 5. The highest BCUT2D eigenvalue weighted by atomic mass is 35.5. The minimum Gasteiger partial charge on any atom is -0.454 e. The van der Waals surface area contributed by atoms with Gasteiger partial charge in [-0.3, -0.25) is 9.89 Å². The Labute approximate surface area is 185 Å². The molecule has 2 N–H and O–H groups in total. The standard InChI is InChI=1S/C20H12Cl3N5O2/c21-11-6-10(9-24)7-12(8-11)30-18-16(22)15(26-20(29)17(18)23)4-3-14-13-2-1-5-25-19(13)28-27-14/h1-2,5-8H,3-4H2,(H,26,29)(H,25,27,28). The SMILES string of the molecule is N#Cc1cc(Cl)cc(Oc2c(Cl)c(CCc3[nH]nc4ncccc34)[nH]c(=O)c2Cl)c1. The van der Waals surface area contributed by atoms with E-state index >= 15 is 0 Å². The maximum Gasteiger partial charge on any atom is 0.270 e. The second kappa shape index (κ2) is 8.36. The molecule has 0 aliphatic rings. The van der Waals surface area contributed by atoms with Crippen LogP contribution < -0.4 is 10.3 Å². The minimum atomic E-state index is -0.537. The van der Waals surface area contributed by atoms with Gasteiger partial charge in [0.25, 0.3) is 5.56 Å². The number of hydrogen-bond acceptors (Lipinski definition) is 5. The molecule has 0 bridgehead atoms. The van der Waals surface area contributed by atoms with Gasteiger partial charge in [0.2, 0.25) is 0 Å². The van der Waals surface area contributed by atoms with Crippen LogP contribution in [-0.4, -0.2) is 20.2 Å². The molecule has 0 radical (unpaired) electrons. The zero-order valence-corrected chi connectivity index (χ0v) is 17.4. The van der Waals surface area contributed by atoms with E-state index in [4.69, 9.17) is 44.8 Å². The number of nitriles is 1. The Morgan fingerprint density at radius 3 is 2.70 bits per heavy atom. The molecule has 10 heteroatoms. The predicted octanol–water partition coefficient (Wildman–Crippen LogP) is 5.06. The molecule has 0 spiro atoms. The molecular weight excluding hydrogens is 449 g/mol. The average Bonchev–Trinajstić information content (AvgIpc) is 3.15. The van der Waals surface area contributed by atoms with Crippen LogP contribution in [0.4, 0.5) is 0 Å². The summed E-state index contributed by atoms with van der Waals surface area (Å²) in [4.78, 5) is 19.2. The molecule has 1 aromatic carbocycles. The van der Waals surface area contributed by atoms with Crippen molar-refractivity contribution >= 4 is 45.8 Å². The van der Waals surface area contributed by atoms with E-state index in [1.165, 1.54) is 18.2 Å². The fraction of sp³-hybridized carbons (Fsp3) is 0.100. The van der Waals surface area contributed by atoms with Crippen molar-refractivity contribution in [3.8, 4) is 17.6 Å². The van der Waals surface area contributed by atoms with Gasteiger partial charge in [0.05, 0.1) is 11.6 Å². The Balaban J connectivity index is 1.66. The van der Waals surface area contributed by atoms with E-state index in [2.05, 4.69) is 20.2 Å². The van der Waals surface area contributed by atoms with Gasteiger partial charge in [-0.05, 0) is 43.2 Å². The van der Waals surface area contributed by atoms with E-state index < -0.39 is 5.56 Å². The molecule has 3 heterocycles. The van der Waals surface area contributed by atoms with Crippen LogP contribution in [0.5, 0.6) is 11.5 Å². The van der Waals surface area contributed by atoms with Crippen LogP contribution in [0.25, 0.3) is 11.0 Å². The van der Waals surface area contributed by atoms with Gasteiger partial charge in [-0.1, -0.05) is 34.8 Å². The number of aromatic nitrogens is 4. The number of aromatic amines is 2. The monoisotopic (exact) mass is 459 g/mol. The molecule has 0 aliphatic heterocycles. The van der Waals surface area contributed by atoms with Crippen molar-refractivity contribution in [1.82, 2.24) is 20.2 Å². The molecule has 0 saturated carbocycles. The predicted molar refractivity (Wildman–Crippen MR) is 115 cm³/mol. The molecule has 0 atom stereocenters. The van der Waals surface area contributed by atoms with Gasteiger partial charge in [0, 0.05) is 28.0 Å². The van der Waals surface area contributed by atoms with Crippen LogP contribution in [-0.2, 0) is 12.8 Å². The number of nitrogens with zero attached hydrogens (tertiary/aromatic N) is 3. The lowest BCUT2D eigenvalue weighted by Gasteiger charge is -2.13. The highest BCUT2D eigenvalue weighted by molar-refractivity contribution is 6.37. The number of nitrogens with one attached hydrogen (secondary N) is 2. The molecule has 0 aliphatic carbocycles. The average molecular weight is 461 g/mol. The van der Waals surface area contributed by atoms with Crippen LogP contribution in [0.2, 0.25) is 15.1 Å². The number of halogens is 3. The Morgan fingerprint density at radius 1 is 1.10 bits per heavy atom. The summed E-state index contributed by atoms with van der Waals surface area (Å²) in [7, 11) is 0. The number of aryl methyl sites for hydroxylation is 2. The lowest BCUT2D eigenvalue weighted by atomic mass is 10.1. The number of ether oxygens (including phenoxy) is 1. The first-order valence-corrected chi connectivity index (χ1v) is 9.86. The van der Waals surface area contributed by atoms with Crippen LogP contribution in [0.3, 0.4) is 0 Å². The Bertz CT molecular complexity index is 1360. The maximum absolute atomic E-state index is 12.3. The summed E-state index contributed by atoms with van der Waals surface area (Å²) in [6.45, 7) is 0. The number of benzene rings is 1. The summed E-state index contributed by atoms with van der Waals surface area (Å²) in [6.07, 6.45) is 2.58. The lowest BCUT2D eigenvalue weighted by Crippen LogP contribution is -2.12. The number of hydrogen-bond donors (Lipinski definition) is 2. The Hall–Kier alpha value is -3.05. The highest BCUT2D eigenvalue weighted by Crippen LogP contribution is 2.37. The van der Waals surface area contributed by atoms with Gasteiger partial charge in [0.15, 0.2) is 11.4 Å². The fourth-order valence-corrected chi connectivity index (χ4v) is 3.72. The van der Waals surface area contributed by atoms with Gasteiger partial charge in [-0.2, -0.15) is 10.4 Å². The first kappa shape index (κ1) is 20.2. The van der Waals surface area contributed by atoms with Gasteiger partial charge < -0.3 is 9.72 Å². The second-order valence-electron chi connectivity index (χ2n) is 6.36. The van der Waals surface area contributed by atoms with E-state index in [9.17, 15) is 4.79 Å². The summed E-state index contributed by atoms with van der Waals surface area (Å²) in [5.41, 5.74) is 1.69. The maximum atomic E-state index is 12.3.